The van der Waals surface area contributed by atoms with Gasteiger partial charge >= 0.3 is 0 Å². The fourth-order valence-corrected chi connectivity index (χ4v) is 2.52. The smallest absolute Gasteiger partial charge is 0.208 e. The second-order valence-electron chi connectivity index (χ2n) is 4.01. The summed E-state index contributed by atoms with van der Waals surface area (Å²) in [6.07, 6.45) is 1.70. The Morgan fingerprint density at radius 2 is 2.00 bits per heavy atom. The lowest BCUT2D eigenvalue weighted by molar-refractivity contribution is 0.507. The fourth-order valence-electron chi connectivity index (χ4n) is 1.71. The Kier molecular flexibility index (Phi) is 2.71. The maximum absolute atomic E-state index is 12.9. The first kappa shape index (κ1) is 11.5. The van der Waals surface area contributed by atoms with E-state index in [1.54, 1.807) is 0 Å². The highest BCUT2D eigenvalue weighted by Crippen LogP contribution is 2.41. The van der Waals surface area contributed by atoms with Crippen LogP contribution in [-0.2, 0) is 10.0 Å². The molecular formula is C10H11F2NO2S. The van der Waals surface area contributed by atoms with Crippen molar-refractivity contribution in [3.63, 3.8) is 0 Å². The summed E-state index contributed by atoms with van der Waals surface area (Å²) < 4.78 is 49.9. The molecular weight excluding hydrogens is 236 g/mol. The molecule has 0 aromatic heterocycles. The van der Waals surface area contributed by atoms with Gasteiger partial charge in [0.1, 0.15) is 0 Å². The first-order valence-electron chi connectivity index (χ1n) is 4.79. The Morgan fingerprint density at radius 3 is 2.56 bits per heavy atom. The summed E-state index contributed by atoms with van der Waals surface area (Å²) in [6, 6.07) is 3.46. The molecule has 1 aliphatic rings. The standard InChI is InChI=1S/C10H11F2NO2S/c1-16(14,15)13-10-5-7(10)6-2-3-8(11)9(12)4-6/h2-4,7,10,13H,5H2,1H3/t7-,10+/m0/s1. The second kappa shape index (κ2) is 3.78. The summed E-state index contributed by atoms with van der Waals surface area (Å²) in [5, 5.41) is 0. The molecule has 0 spiro atoms. The zero-order valence-electron chi connectivity index (χ0n) is 8.57. The average Bonchev–Trinajstić information content (AvgIpc) is 2.86. The number of benzene rings is 1. The van der Waals surface area contributed by atoms with Crippen molar-refractivity contribution in [2.24, 2.45) is 0 Å². The molecule has 3 nitrogen and oxygen atoms in total. The van der Waals surface area contributed by atoms with E-state index in [-0.39, 0.29) is 12.0 Å². The molecule has 6 heteroatoms. The van der Waals surface area contributed by atoms with E-state index in [0.29, 0.717) is 12.0 Å². The van der Waals surface area contributed by atoms with Gasteiger partial charge in [-0.05, 0) is 24.1 Å². The molecule has 0 saturated heterocycles. The Bertz CT molecular complexity index is 516. The van der Waals surface area contributed by atoms with Crippen molar-refractivity contribution in [2.75, 3.05) is 6.26 Å². The molecule has 0 radical (unpaired) electrons. The molecule has 1 aliphatic carbocycles. The third-order valence-electron chi connectivity index (χ3n) is 2.53. The van der Waals surface area contributed by atoms with Gasteiger partial charge in [-0.25, -0.2) is 21.9 Å². The minimum atomic E-state index is -3.24. The largest absolute Gasteiger partial charge is 0.213 e. The average molecular weight is 247 g/mol. The van der Waals surface area contributed by atoms with E-state index in [2.05, 4.69) is 4.72 Å². The number of sulfonamides is 1. The molecule has 2 rings (SSSR count). The third-order valence-corrected chi connectivity index (χ3v) is 3.26. The summed E-state index contributed by atoms with van der Waals surface area (Å²) in [5.74, 6) is -1.84. The van der Waals surface area contributed by atoms with E-state index >= 15 is 0 Å². The zero-order chi connectivity index (χ0) is 11.9. The summed E-state index contributed by atoms with van der Waals surface area (Å²) in [6.45, 7) is 0. The molecule has 1 saturated carbocycles. The van der Waals surface area contributed by atoms with Gasteiger partial charge in [-0.3, -0.25) is 0 Å². The molecule has 1 N–H and O–H groups in total. The number of hydrogen-bond acceptors (Lipinski definition) is 2. The van der Waals surface area contributed by atoms with Gasteiger partial charge in [-0.15, -0.1) is 0 Å². The number of halogens is 2. The Balaban J connectivity index is 2.09. The van der Waals surface area contributed by atoms with Gasteiger partial charge < -0.3 is 0 Å². The first-order valence-corrected chi connectivity index (χ1v) is 6.68. The van der Waals surface area contributed by atoms with Crippen LogP contribution >= 0.6 is 0 Å². The van der Waals surface area contributed by atoms with E-state index in [0.717, 1.165) is 18.4 Å². The van der Waals surface area contributed by atoms with Crippen molar-refractivity contribution in [1.82, 2.24) is 4.72 Å². The molecule has 1 aromatic carbocycles. The maximum Gasteiger partial charge on any atom is 0.208 e. The monoisotopic (exact) mass is 247 g/mol. The molecule has 0 bridgehead atoms. The predicted molar refractivity (Wildman–Crippen MR) is 55.5 cm³/mol. The highest BCUT2D eigenvalue weighted by atomic mass is 32.2. The summed E-state index contributed by atoms with van der Waals surface area (Å²) >= 11 is 0. The number of hydrogen-bond donors (Lipinski definition) is 1. The van der Waals surface area contributed by atoms with Gasteiger partial charge in [0.25, 0.3) is 0 Å². The molecule has 0 aliphatic heterocycles. The van der Waals surface area contributed by atoms with Gasteiger partial charge in [0.2, 0.25) is 10.0 Å². The minimum Gasteiger partial charge on any atom is -0.213 e. The van der Waals surface area contributed by atoms with Crippen molar-refractivity contribution in [1.29, 1.82) is 0 Å². The predicted octanol–water partition coefficient (Wildman–Crippen LogP) is 1.37. The van der Waals surface area contributed by atoms with E-state index in [1.165, 1.54) is 6.07 Å². The second-order valence-corrected chi connectivity index (χ2v) is 5.79. The van der Waals surface area contributed by atoms with Crippen LogP contribution in [0.25, 0.3) is 0 Å². The molecule has 1 fully saturated rings. The third kappa shape index (κ3) is 2.56. The van der Waals surface area contributed by atoms with Gasteiger partial charge in [-0.1, -0.05) is 6.07 Å². The normalized spacial score (nSPS) is 24.4. The Hall–Kier alpha value is -1.01. The van der Waals surface area contributed by atoms with Crippen molar-refractivity contribution in [3.8, 4) is 0 Å². The molecule has 1 aromatic rings. The number of nitrogens with one attached hydrogen (secondary N) is 1. The molecule has 0 heterocycles. The first-order chi connectivity index (χ1) is 7.37. The summed E-state index contributed by atoms with van der Waals surface area (Å²) in [5.41, 5.74) is 0.625. The van der Waals surface area contributed by atoms with Crippen molar-refractivity contribution in [3.05, 3.63) is 35.4 Å². The van der Waals surface area contributed by atoms with E-state index in [1.807, 2.05) is 0 Å². The highest BCUT2D eigenvalue weighted by molar-refractivity contribution is 7.88. The van der Waals surface area contributed by atoms with Gasteiger partial charge in [0.05, 0.1) is 6.26 Å². The van der Waals surface area contributed by atoms with Gasteiger partial charge in [-0.2, -0.15) is 0 Å². The molecule has 0 amide bonds. The van der Waals surface area contributed by atoms with Crippen LogP contribution in [0.4, 0.5) is 8.78 Å². The lowest BCUT2D eigenvalue weighted by Gasteiger charge is -2.02. The molecule has 0 unspecified atom stereocenters. The van der Waals surface area contributed by atoms with Crippen LogP contribution in [-0.4, -0.2) is 20.7 Å². The lowest BCUT2D eigenvalue weighted by Crippen LogP contribution is -2.25. The number of rotatable bonds is 3. The maximum atomic E-state index is 12.9. The van der Waals surface area contributed by atoms with Crippen LogP contribution < -0.4 is 4.72 Å². The van der Waals surface area contributed by atoms with Crippen LogP contribution in [0.5, 0.6) is 0 Å². The molecule has 2 atom stereocenters. The Labute approximate surface area is 92.5 Å². The van der Waals surface area contributed by atoms with E-state index in [4.69, 9.17) is 0 Å². The quantitative estimate of drug-likeness (QED) is 0.876. The van der Waals surface area contributed by atoms with E-state index < -0.39 is 21.7 Å². The van der Waals surface area contributed by atoms with E-state index in [9.17, 15) is 17.2 Å². The Morgan fingerprint density at radius 1 is 1.31 bits per heavy atom. The zero-order valence-corrected chi connectivity index (χ0v) is 9.39. The molecule has 88 valence electrons. The van der Waals surface area contributed by atoms with Crippen molar-refractivity contribution >= 4 is 10.0 Å². The van der Waals surface area contributed by atoms with Crippen LogP contribution in [0.3, 0.4) is 0 Å². The fraction of sp³-hybridized carbons (Fsp3) is 0.400. The topological polar surface area (TPSA) is 46.2 Å². The van der Waals surface area contributed by atoms with Gasteiger partial charge in [0.15, 0.2) is 11.6 Å². The van der Waals surface area contributed by atoms with Gasteiger partial charge in [0, 0.05) is 12.0 Å². The van der Waals surface area contributed by atoms with Crippen molar-refractivity contribution in [2.45, 2.75) is 18.4 Å². The summed E-state index contributed by atoms with van der Waals surface area (Å²) in [4.78, 5) is 0. The SMILES string of the molecule is CS(=O)(=O)N[C@@H]1C[C@H]1c1ccc(F)c(F)c1. The highest BCUT2D eigenvalue weighted by Gasteiger charge is 2.40. The van der Waals surface area contributed by atoms with Crippen LogP contribution in [0.1, 0.15) is 17.9 Å². The van der Waals surface area contributed by atoms with Crippen LogP contribution in [0, 0.1) is 11.6 Å². The summed E-state index contributed by atoms with van der Waals surface area (Å²) in [7, 11) is -3.24. The molecule has 16 heavy (non-hydrogen) atoms. The minimum absolute atomic E-state index is 0.0511. The van der Waals surface area contributed by atoms with Crippen LogP contribution in [0.2, 0.25) is 0 Å². The van der Waals surface area contributed by atoms with Crippen molar-refractivity contribution < 1.29 is 17.2 Å². The lowest BCUT2D eigenvalue weighted by atomic mass is 10.1. The van der Waals surface area contributed by atoms with Crippen LogP contribution in [0.15, 0.2) is 18.2 Å².